The van der Waals surface area contributed by atoms with Gasteiger partial charge in [-0.3, -0.25) is 4.79 Å². The van der Waals surface area contributed by atoms with Crippen molar-refractivity contribution in [3.05, 3.63) is 47.0 Å². The molecule has 1 amide bonds. The molecule has 0 N–H and O–H groups in total. The summed E-state index contributed by atoms with van der Waals surface area (Å²) in [4.78, 5) is 23.6. The number of nitrogens with zero attached hydrogens (tertiary/aromatic N) is 3. The van der Waals surface area contributed by atoms with Gasteiger partial charge in [0, 0.05) is 24.7 Å². The highest BCUT2D eigenvalue weighted by atomic mass is 32.1. The maximum absolute atomic E-state index is 13.4. The minimum Gasteiger partial charge on any atom is -0.497 e. The Kier molecular flexibility index (Phi) is 6.65. The van der Waals surface area contributed by atoms with Gasteiger partial charge >= 0.3 is 0 Å². The maximum Gasteiger partial charge on any atom is 0.265 e. The van der Waals surface area contributed by atoms with Gasteiger partial charge in [-0.15, -0.1) is 11.3 Å². The molecule has 0 bridgehead atoms. The second kappa shape index (κ2) is 9.82. The average molecular weight is 464 g/mol. The van der Waals surface area contributed by atoms with Crippen LogP contribution >= 0.6 is 11.3 Å². The van der Waals surface area contributed by atoms with Crippen LogP contribution in [0.3, 0.4) is 0 Å². The molecule has 0 atom stereocenters. The molecule has 33 heavy (non-hydrogen) atoms. The van der Waals surface area contributed by atoms with Crippen LogP contribution in [0.2, 0.25) is 0 Å². The predicted octanol–water partition coefficient (Wildman–Crippen LogP) is 5.76. The molecule has 2 fully saturated rings. The van der Waals surface area contributed by atoms with E-state index in [1.807, 2.05) is 24.0 Å². The highest BCUT2D eigenvalue weighted by Crippen LogP contribution is 2.32. The average Bonchev–Trinajstić information content (AvgIpc) is 3.05. The van der Waals surface area contributed by atoms with Crippen LogP contribution in [0.1, 0.15) is 53.9 Å². The summed E-state index contributed by atoms with van der Waals surface area (Å²) in [6, 6.07) is 13.0. The second-order valence-electron chi connectivity index (χ2n) is 9.33. The Labute approximate surface area is 200 Å². The number of rotatable bonds is 4. The van der Waals surface area contributed by atoms with Crippen LogP contribution in [0.4, 0.5) is 0 Å². The number of fused-ring (bicyclic) bond motifs is 1. The molecule has 2 aliphatic rings. The lowest BCUT2D eigenvalue weighted by Crippen LogP contribution is -2.47. The summed E-state index contributed by atoms with van der Waals surface area (Å²) in [5, 5.41) is 3.19. The van der Waals surface area contributed by atoms with E-state index in [1.54, 1.807) is 7.11 Å². The third-order valence-electron chi connectivity index (χ3n) is 7.19. The summed E-state index contributed by atoms with van der Waals surface area (Å²) in [6.07, 6.45) is 7.56. The van der Waals surface area contributed by atoms with Crippen LogP contribution in [0.25, 0.3) is 21.3 Å². The third-order valence-corrected chi connectivity index (χ3v) is 8.39. The zero-order chi connectivity index (χ0) is 22.8. The number of thiazole rings is 1. The van der Waals surface area contributed by atoms with E-state index in [2.05, 4.69) is 29.2 Å². The van der Waals surface area contributed by atoms with Crippen molar-refractivity contribution >= 4 is 28.0 Å². The molecule has 2 aromatic carbocycles. The zero-order valence-corrected chi connectivity index (χ0v) is 20.5. The van der Waals surface area contributed by atoms with Crippen LogP contribution in [0, 0.1) is 6.92 Å². The summed E-state index contributed by atoms with van der Waals surface area (Å²) in [6.45, 7) is 6.13. The van der Waals surface area contributed by atoms with Gasteiger partial charge < -0.3 is 14.5 Å². The van der Waals surface area contributed by atoms with E-state index in [9.17, 15) is 4.79 Å². The van der Waals surface area contributed by atoms with E-state index in [4.69, 9.17) is 9.72 Å². The molecule has 0 saturated carbocycles. The largest absolute Gasteiger partial charge is 0.497 e. The van der Waals surface area contributed by atoms with Crippen molar-refractivity contribution in [3.63, 3.8) is 0 Å². The Balaban J connectivity index is 1.28. The molecule has 6 heteroatoms. The van der Waals surface area contributed by atoms with Crippen LogP contribution in [0.5, 0.6) is 5.75 Å². The minimum absolute atomic E-state index is 0.149. The molecule has 2 saturated heterocycles. The molecular weight excluding hydrogens is 430 g/mol. The van der Waals surface area contributed by atoms with E-state index in [-0.39, 0.29) is 5.91 Å². The van der Waals surface area contributed by atoms with Gasteiger partial charge in [0.25, 0.3) is 5.91 Å². The molecule has 2 aliphatic heterocycles. The molecule has 0 aliphatic carbocycles. The van der Waals surface area contributed by atoms with E-state index < -0.39 is 0 Å². The number of carbonyl (C=O) groups is 1. The number of aromatic nitrogens is 1. The van der Waals surface area contributed by atoms with E-state index in [1.165, 1.54) is 50.1 Å². The Morgan fingerprint density at radius 2 is 1.67 bits per heavy atom. The Hall–Kier alpha value is -2.44. The number of ether oxygens (including phenoxy) is 1. The fraction of sp³-hybridized carbons (Fsp3) is 0.481. The van der Waals surface area contributed by atoms with E-state index in [0.29, 0.717) is 6.04 Å². The van der Waals surface area contributed by atoms with Crippen LogP contribution in [-0.4, -0.2) is 60.0 Å². The van der Waals surface area contributed by atoms with Crippen molar-refractivity contribution in [2.24, 2.45) is 0 Å². The van der Waals surface area contributed by atoms with Gasteiger partial charge in [-0.25, -0.2) is 4.98 Å². The standard InChI is InChI=1S/C27H33N3O2S/c1-19-25(27(31)30-15-11-23(12-16-30)29-13-5-3-4-6-14-29)33-26(28-19)22-8-7-21-18-24(32-2)10-9-20(21)17-22/h7-10,17-18,23H,3-6,11-16H2,1-2H3. The van der Waals surface area contributed by atoms with Crippen molar-refractivity contribution in [2.75, 3.05) is 33.3 Å². The number of piperidine rings is 1. The number of hydrogen-bond acceptors (Lipinski definition) is 5. The molecule has 1 aromatic heterocycles. The molecule has 3 heterocycles. The normalized spacial score (nSPS) is 18.4. The van der Waals surface area contributed by atoms with Gasteiger partial charge in [0.15, 0.2) is 0 Å². The van der Waals surface area contributed by atoms with Crippen molar-refractivity contribution < 1.29 is 9.53 Å². The number of benzene rings is 2. The summed E-state index contributed by atoms with van der Waals surface area (Å²) in [5.74, 6) is 1.00. The van der Waals surface area contributed by atoms with Gasteiger partial charge in [-0.05, 0) is 74.7 Å². The second-order valence-corrected chi connectivity index (χ2v) is 10.3. The summed E-state index contributed by atoms with van der Waals surface area (Å²) >= 11 is 1.52. The van der Waals surface area contributed by atoms with Crippen LogP contribution in [-0.2, 0) is 0 Å². The first-order valence-corrected chi connectivity index (χ1v) is 13.0. The lowest BCUT2D eigenvalue weighted by Gasteiger charge is -2.38. The highest BCUT2D eigenvalue weighted by molar-refractivity contribution is 7.17. The minimum atomic E-state index is 0.149. The third kappa shape index (κ3) is 4.78. The zero-order valence-electron chi connectivity index (χ0n) is 19.7. The van der Waals surface area contributed by atoms with E-state index >= 15 is 0 Å². The molecular formula is C27H33N3O2S. The van der Waals surface area contributed by atoms with Crippen molar-refractivity contribution in [2.45, 2.75) is 51.5 Å². The first kappa shape index (κ1) is 22.4. The molecule has 0 radical (unpaired) electrons. The number of likely N-dealkylation sites (tertiary alicyclic amines) is 2. The Morgan fingerprint density at radius 3 is 2.39 bits per heavy atom. The fourth-order valence-electron chi connectivity index (χ4n) is 5.24. The molecule has 5 nitrogen and oxygen atoms in total. The molecule has 174 valence electrons. The van der Waals surface area contributed by atoms with Gasteiger partial charge in [0.1, 0.15) is 15.6 Å². The smallest absolute Gasteiger partial charge is 0.265 e. The Bertz CT molecular complexity index is 1130. The van der Waals surface area contributed by atoms with Crippen molar-refractivity contribution in [3.8, 4) is 16.3 Å². The summed E-state index contributed by atoms with van der Waals surface area (Å²) in [7, 11) is 1.68. The van der Waals surface area contributed by atoms with E-state index in [0.717, 1.165) is 63.6 Å². The van der Waals surface area contributed by atoms with Gasteiger partial charge in [0.05, 0.1) is 12.8 Å². The monoisotopic (exact) mass is 463 g/mol. The number of hydrogen-bond donors (Lipinski definition) is 0. The fourth-order valence-corrected chi connectivity index (χ4v) is 6.27. The molecule has 0 unspecified atom stereocenters. The first-order chi connectivity index (χ1) is 16.1. The number of amides is 1. The topological polar surface area (TPSA) is 45.7 Å². The highest BCUT2D eigenvalue weighted by Gasteiger charge is 2.29. The first-order valence-electron chi connectivity index (χ1n) is 12.2. The molecule has 5 rings (SSSR count). The van der Waals surface area contributed by atoms with Crippen molar-refractivity contribution in [1.29, 1.82) is 0 Å². The summed E-state index contributed by atoms with van der Waals surface area (Å²) < 4.78 is 5.33. The predicted molar refractivity (Wildman–Crippen MR) is 135 cm³/mol. The Morgan fingerprint density at radius 1 is 0.970 bits per heavy atom. The number of methoxy groups -OCH3 is 1. The number of aryl methyl sites for hydroxylation is 1. The van der Waals surface area contributed by atoms with Crippen LogP contribution < -0.4 is 4.74 Å². The van der Waals surface area contributed by atoms with Crippen molar-refractivity contribution in [1.82, 2.24) is 14.8 Å². The summed E-state index contributed by atoms with van der Waals surface area (Å²) in [5.41, 5.74) is 1.89. The van der Waals surface area contributed by atoms with Crippen LogP contribution in [0.15, 0.2) is 36.4 Å². The quantitative estimate of drug-likeness (QED) is 0.493. The SMILES string of the molecule is COc1ccc2cc(-c3nc(C)c(C(=O)N4CCC(N5CCCCCC5)CC4)s3)ccc2c1. The molecule has 3 aromatic rings. The maximum atomic E-state index is 13.4. The lowest BCUT2D eigenvalue weighted by atomic mass is 10.0. The van der Waals surface area contributed by atoms with Gasteiger partial charge in [-0.1, -0.05) is 31.0 Å². The number of carbonyl (C=O) groups excluding carboxylic acids is 1. The molecule has 0 spiro atoms. The van der Waals surface area contributed by atoms with Gasteiger partial charge in [-0.2, -0.15) is 0 Å². The van der Waals surface area contributed by atoms with Gasteiger partial charge in [0.2, 0.25) is 0 Å². The lowest BCUT2D eigenvalue weighted by molar-refractivity contribution is 0.0626.